The Morgan fingerprint density at radius 3 is 2.83 bits per heavy atom. The molecule has 0 atom stereocenters. The molecule has 0 aliphatic carbocycles. The number of aryl methyl sites for hydroxylation is 1. The topological polar surface area (TPSA) is 67.0 Å². The maximum atomic E-state index is 9.61. The molecule has 1 fully saturated rings. The van der Waals surface area contributed by atoms with Gasteiger partial charge in [-0.1, -0.05) is 0 Å². The number of halogens is 1. The summed E-state index contributed by atoms with van der Waals surface area (Å²) in [5, 5.41) is 17.7. The van der Waals surface area contributed by atoms with E-state index < -0.39 is 7.04 Å². The Hall–Kier alpha value is -2.07. The first-order valence-corrected chi connectivity index (χ1v) is 8.10. The van der Waals surface area contributed by atoms with Gasteiger partial charge in [0, 0.05) is 30.5 Å². The maximum Gasteiger partial charge on any atom is 0.138 e. The van der Waals surface area contributed by atoms with Crippen LogP contribution in [0.4, 0.5) is 5.69 Å². The van der Waals surface area contributed by atoms with Crippen LogP contribution >= 0.6 is 15.9 Å². The smallest absolute Gasteiger partial charge is 0.138 e. The second kappa shape index (κ2) is 6.59. The molecule has 1 aliphatic heterocycles. The molecular formula is C16H18BrN5O. The highest BCUT2D eigenvalue weighted by Gasteiger charge is 2.27. The lowest BCUT2D eigenvalue weighted by Crippen LogP contribution is -2.34. The Bertz CT molecular complexity index is 837. The molecular weight excluding hydrogens is 358 g/mol. The first kappa shape index (κ1) is 12.4. The molecule has 2 aromatic rings. The van der Waals surface area contributed by atoms with E-state index in [0.717, 1.165) is 36.2 Å². The van der Waals surface area contributed by atoms with E-state index >= 15 is 0 Å². The van der Waals surface area contributed by atoms with Crippen molar-refractivity contribution >= 4 is 21.6 Å². The van der Waals surface area contributed by atoms with E-state index in [-0.39, 0.29) is 11.3 Å². The molecule has 0 amide bonds. The van der Waals surface area contributed by atoms with Crippen molar-refractivity contribution in [1.82, 2.24) is 14.8 Å². The summed E-state index contributed by atoms with van der Waals surface area (Å²) in [6.45, 7) is 1.45. The molecule has 7 heteroatoms. The summed E-state index contributed by atoms with van der Waals surface area (Å²) in [7, 11) is -0.670. The van der Waals surface area contributed by atoms with Gasteiger partial charge in [0.25, 0.3) is 0 Å². The van der Waals surface area contributed by atoms with Gasteiger partial charge in [-0.15, -0.1) is 10.2 Å². The largest absolute Gasteiger partial charge is 0.495 e. The van der Waals surface area contributed by atoms with Gasteiger partial charge in [0.05, 0.1) is 16.8 Å². The monoisotopic (exact) mass is 378 g/mol. The standard InChI is InChI=1S/C16H18BrN5O/c1-21-10-19-20-16(21)11-5-7-22(8-6-11)15-12(9-18)14(23-2)4-3-13(15)17/h3-4,10-11H,5-8H2,1-2H3/i2D3. The number of methoxy groups -OCH3 is 1. The van der Waals surface area contributed by atoms with Crippen LogP contribution in [0.25, 0.3) is 0 Å². The summed E-state index contributed by atoms with van der Waals surface area (Å²) in [6.07, 6.45) is 3.43. The Kier molecular flexibility index (Phi) is 3.54. The highest BCUT2D eigenvalue weighted by Crippen LogP contribution is 2.38. The number of nitriles is 1. The van der Waals surface area contributed by atoms with Crippen molar-refractivity contribution in [3.05, 3.63) is 34.3 Å². The molecule has 6 nitrogen and oxygen atoms in total. The van der Waals surface area contributed by atoms with Crippen molar-refractivity contribution in [2.24, 2.45) is 7.05 Å². The lowest BCUT2D eigenvalue weighted by molar-refractivity contribution is 0.412. The Balaban J connectivity index is 1.85. The van der Waals surface area contributed by atoms with Crippen LogP contribution in [0.3, 0.4) is 0 Å². The van der Waals surface area contributed by atoms with E-state index in [1.165, 1.54) is 6.07 Å². The lowest BCUT2D eigenvalue weighted by atomic mass is 9.95. The summed E-state index contributed by atoms with van der Waals surface area (Å²) in [5.41, 5.74) is 0.901. The molecule has 0 bridgehead atoms. The molecule has 0 unspecified atom stereocenters. The Labute approximate surface area is 148 Å². The minimum absolute atomic E-state index is 0.0705. The molecule has 0 saturated carbocycles. The third-order valence-electron chi connectivity index (χ3n) is 4.23. The zero-order chi connectivity index (χ0) is 18.9. The molecule has 1 aliphatic rings. The van der Waals surface area contributed by atoms with Crippen molar-refractivity contribution in [3.8, 4) is 11.8 Å². The van der Waals surface area contributed by atoms with Gasteiger partial charge < -0.3 is 14.2 Å². The fraction of sp³-hybridized carbons (Fsp3) is 0.438. The Morgan fingerprint density at radius 2 is 2.22 bits per heavy atom. The number of benzene rings is 1. The fourth-order valence-electron chi connectivity index (χ4n) is 3.07. The molecule has 0 N–H and O–H groups in total. The van der Waals surface area contributed by atoms with Crippen molar-refractivity contribution in [2.45, 2.75) is 18.8 Å². The second-order valence-corrected chi connectivity index (χ2v) is 6.40. The molecule has 23 heavy (non-hydrogen) atoms. The van der Waals surface area contributed by atoms with Gasteiger partial charge in [-0.2, -0.15) is 5.26 Å². The van der Waals surface area contributed by atoms with Crippen molar-refractivity contribution in [1.29, 1.82) is 5.26 Å². The second-order valence-electron chi connectivity index (χ2n) is 5.54. The third-order valence-corrected chi connectivity index (χ3v) is 4.87. The third kappa shape index (κ3) is 2.91. The van der Waals surface area contributed by atoms with E-state index in [0.29, 0.717) is 11.6 Å². The van der Waals surface area contributed by atoms with Gasteiger partial charge in [-0.05, 0) is 40.9 Å². The molecule has 1 aromatic carbocycles. The van der Waals surface area contributed by atoms with Gasteiger partial charge in [0.2, 0.25) is 0 Å². The number of piperidine rings is 1. The number of hydrogen-bond acceptors (Lipinski definition) is 5. The van der Waals surface area contributed by atoms with E-state index in [1.807, 2.05) is 11.6 Å². The van der Waals surface area contributed by atoms with E-state index in [1.54, 1.807) is 12.4 Å². The van der Waals surface area contributed by atoms with E-state index in [2.05, 4.69) is 37.1 Å². The van der Waals surface area contributed by atoms with Gasteiger partial charge in [-0.3, -0.25) is 0 Å². The fourth-order valence-corrected chi connectivity index (χ4v) is 3.65. The van der Waals surface area contributed by atoms with Crippen molar-refractivity contribution in [3.63, 3.8) is 0 Å². The predicted octanol–water partition coefficient (Wildman–Crippen LogP) is 2.84. The normalized spacial score (nSPS) is 18.0. The van der Waals surface area contributed by atoms with Crippen LogP contribution in [-0.4, -0.2) is 34.9 Å². The lowest BCUT2D eigenvalue weighted by Gasteiger charge is -2.34. The van der Waals surface area contributed by atoms with E-state index in [4.69, 9.17) is 8.85 Å². The number of anilines is 1. The van der Waals surface area contributed by atoms with Crippen LogP contribution in [-0.2, 0) is 7.05 Å². The van der Waals surface area contributed by atoms with Gasteiger partial charge in [0.15, 0.2) is 0 Å². The number of hydrogen-bond donors (Lipinski definition) is 0. The van der Waals surface area contributed by atoms with Crippen LogP contribution in [0.15, 0.2) is 22.9 Å². The molecule has 1 saturated heterocycles. The first-order chi connectivity index (χ1) is 12.3. The van der Waals surface area contributed by atoms with Crippen molar-refractivity contribution in [2.75, 3.05) is 25.0 Å². The zero-order valence-electron chi connectivity index (χ0n) is 15.7. The van der Waals surface area contributed by atoms with Gasteiger partial charge >= 0.3 is 0 Å². The summed E-state index contributed by atoms with van der Waals surface area (Å²) < 4.78 is 29.6. The summed E-state index contributed by atoms with van der Waals surface area (Å²) in [5.74, 6) is 1.34. The van der Waals surface area contributed by atoms with Crippen LogP contribution in [0.2, 0.25) is 0 Å². The summed E-state index contributed by atoms with van der Waals surface area (Å²) >= 11 is 3.49. The number of aromatic nitrogens is 3. The highest BCUT2D eigenvalue weighted by molar-refractivity contribution is 9.10. The quantitative estimate of drug-likeness (QED) is 0.821. The minimum Gasteiger partial charge on any atom is -0.495 e. The van der Waals surface area contributed by atoms with Gasteiger partial charge in [-0.25, -0.2) is 0 Å². The molecule has 3 rings (SSSR count). The van der Waals surface area contributed by atoms with Crippen LogP contribution < -0.4 is 9.64 Å². The number of rotatable bonds is 3. The van der Waals surface area contributed by atoms with Gasteiger partial charge in [0.1, 0.15) is 29.5 Å². The average molecular weight is 379 g/mol. The molecule has 120 valence electrons. The molecule has 0 radical (unpaired) electrons. The first-order valence-electron chi connectivity index (χ1n) is 8.80. The molecule has 2 heterocycles. The zero-order valence-corrected chi connectivity index (χ0v) is 14.2. The maximum absolute atomic E-state index is 9.61. The number of nitrogens with zero attached hydrogens (tertiary/aromatic N) is 5. The predicted molar refractivity (Wildman–Crippen MR) is 90.6 cm³/mol. The molecule has 0 spiro atoms. The SMILES string of the molecule is [2H]C([2H])([2H])Oc1ccc(Br)c(N2CCC(c3nncn3C)CC2)c1C#N. The van der Waals surface area contributed by atoms with Crippen LogP contribution in [0.1, 0.15) is 34.3 Å². The van der Waals surface area contributed by atoms with Crippen LogP contribution in [0, 0.1) is 11.3 Å². The minimum atomic E-state index is -2.60. The van der Waals surface area contributed by atoms with E-state index in [9.17, 15) is 5.26 Å². The average Bonchev–Trinajstić information content (AvgIpc) is 3.01. The van der Waals surface area contributed by atoms with Crippen molar-refractivity contribution < 1.29 is 8.85 Å². The highest BCUT2D eigenvalue weighted by atomic mass is 79.9. The Morgan fingerprint density at radius 1 is 1.43 bits per heavy atom. The number of ether oxygens (including phenoxy) is 1. The summed E-state index contributed by atoms with van der Waals surface area (Å²) in [4.78, 5) is 2.09. The summed E-state index contributed by atoms with van der Waals surface area (Å²) in [6, 6.07) is 5.32. The van der Waals surface area contributed by atoms with Crippen LogP contribution in [0.5, 0.6) is 5.75 Å². The molecule has 1 aromatic heterocycles.